The zero-order valence-electron chi connectivity index (χ0n) is 51.9. The van der Waals surface area contributed by atoms with Crippen LogP contribution in [0.5, 0.6) is 0 Å². The Labute approximate surface area is 520 Å². The molecule has 0 amide bonds. The average Bonchev–Trinajstić information content (AvgIpc) is 1.14. The van der Waals surface area contributed by atoms with Crippen molar-refractivity contribution in [2.24, 2.45) is 105 Å². The van der Waals surface area contributed by atoms with Gasteiger partial charge in [0, 0.05) is 69.9 Å². The molecule has 88 heavy (non-hydrogen) atoms. The van der Waals surface area contributed by atoms with Gasteiger partial charge in [-0.25, -0.2) is 4.79 Å². The molecular weight excluding hydrogens is 1090 g/mol. The van der Waals surface area contributed by atoms with Gasteiger partial charge in [0.05, 0.1) is 29.8 Å². The van der Waals surface area contributed by atoms with Gasteiger partial charge in [-0.2, -0.15) is 0 Å². The average molecular weight is 1190 g/mol. The number of rotatable bonds is 5. The molecule has 10 fully saturated rings. The summed E-state index contributed by atoms with van der Waals surface area (Å²) in [5.74, 6) is 12.2. The van der Waals surface area contributed by atoms with E-state index in [0.717, 1.165) is 92.8 Å². The van der Waals surface area contributed by atoms with Crippen LogP contribution in [0.2, 0.25) is 0 Å². The van der Waals surface area contributed by atoms with E-state index in [2.05, 4.69) is 90.5 Å². The Morgan fingerprint density at radius 1 is 0.773 bits per heavy atom. The first-order valence-corrected chi connectivity index (χ1v) is 35.0. The highest BCUT2D eigenvalue weighted by Crippen LogP contribution is 2.82. The third-order valence-corrected chi connectivity index (χ3v) is 29.7. The highest BCUT2D eigenvalue weighted by molar-refractivity contribution is 5.86. The van der Waals surface area contributed by atoms with Gasteiger partial charge in [0.25, 0.3) is 0 Å². The third kappa shape index (κ3) is 7.58. The summed E-state index contributed by atoms with van der Waals surface area (Å²) in [6.45, 7) is 2.21. The van der Waals surface area contributed by atoms with Gasteiger partial charge in [-0.3, -0.25) is 0 Å². The molecule has 18 rings (SSSR count). The number of ether oxygens (including phenoxy) is 1. The molecule has 10 heteroatoms. The molecule has 1 aliphatic heterocycles. The van der Waals surface area contributed by atoms with Crippen LogP contribution in [-0.2, 0) is 40.2 Å². The Bertz CT molecular complexity index is 3530. The molecule has 25 unspecified atom stereocenters. The molecule has 0 saturated heterocycles. The number of fused-ring (bicyclic) bond motifs is 9. The van der Waals surface area contributed by atoms with E-state index in [4.69, 9.17) is 4.74 Å². The molecule has 16 bridgehead atoms. The minimum Gasteiger partial charge on any atom is -0.454 e. The van der Waals surface area contributed by atoms with Crippen LogP contribution in [0.25, 0.3) is 0 Å². The summed E-state index contributed by atoms with van der Waals surface area (Å²) >= 11 is 0. The fraction of sp³-hybridized carbons (Fsp3) is 0.667. The van der Waals surface area contributed by atoms with Crippen molar-refractivity contribution in [2.45, 2.75) is 208 Å². The monoisotopic (exact) mass is 1190 g/mol. The van der Waals surface area contributed by atoms with Crippen molar-refractivity contribution in [1.29, 1.82) is 0 Å². The topological polar surface area (TPSA) is 177 Å². The Hall–Kier alpha value is -4.62. The maximum absolute atomic E-state index is 16.0. The Kier molecular flexibility index (Phi) is 13.1. The van der Waals surface area contributed by atoms with Gasteiger partial charge < -0.3 is 45.5 Å². The van der Waals surface area contributed by atoms with E-state index >= 15 is 20.1 Å². The smallest absolute Gasteiger partial charge is 0.331 e. The molecule has 10 saturated carbocycles. The highest BCUT2D eigenvalue weighted by Gasteiger charge is 2.89. The second-order valence-corrected chi connectivity index (χ2v) is 32.6. The number of nitrogens with one attached hydrogen (secondary N) is 1. The quantitative estimate of drug-likeness (QED) is 0.0740. The van der Waals surface area contributed by atoms with Crippen LogP contribution in [0, 0.1) is 128 Å². The third-order valence-electron chi connectivity index (χ3n) is 29.7. The van der Waals surface area contributed by atoms with Crippen molar-refractivity contribution < 1.29 is 45.0 Å². The molecule has 0 aromatic heterocycles. The molecule has 10 nitrogen and oxygen atoms in total. The van der Waals surface area contributed by atoms with Gasteiger partial charge in [0.1, 0.15) is 23.6 Å². The normalized spacial score (nSPS) is 48.3. The Morgan fingerprint density at radius 3 is 2.39 bits per heavy atom. The number of benzene rings is 3. The maximum Gasteiger partial charge on any atom is 0.331 e. The lowest BCUT2D eigenvalue weighted by molar-refractivity contribution is -0.392. The van der Waals surface area contributed by atoms with E-state index in [1.54, 1.807) is 6.08 Å². The first-order chi connectivity index (χ1) is 42.5. The standard InChI is InChI=1S/C78H93NO9/c1-44(49-12-3-4-13-49)51-19-21-63-70(83)73-28-25-58-57-18-8-16-53-38-74-41-72(26-23-48(37-72)31-46-10-5-9-45(29-46)30-47-11-6-15-52(32-47)56(57)20-22-62(58)73)27-24-50-14-7-17-54(40-80)59(50)35-65(79-2)60-33-55(67(74)61-36-66(82)88-68(60)61)39-76(74,85)78(87)69(53)75(42-73,43-81)77(63,86)64(34-51)71(78)84/h5-7,9-11,14-15,17,29,32,36,43-44,48-49,51,53,55-58,60,62-65,67-71,79-80,83-87H,3-4,12-13,18-23,25-26,28,30-31,33-35,37-42H2,1-2H3. The summed E-state index contributed by atoms with van der Waals surface area (Å²) in [7, 11) is 1.96. The second kappa shape index (κ2) is 20.2. The van der Waals surface area contributed by atoms with E-state index in [1.165, 1.54) is 35.1 Å². The van der Waals surface area contributed by atoms with Crippen LogP contribution >= 0.6 is 0 Å². The van der Waals surface area contributed by atoms with E-state index < -0.39 is 92.3 Å². The fourth-order valence-corrected chi connectivity index (χ4v) is 26.5. The van der Waals surface area contributed by atoms with Crippen molar-refractivity contribution in [3.8, 4) is 23.7 Å². The predicted molar refractivity (Wildman–Crippen MR) is 333 cm³/mol. The molecule has 3 spiro atoms. The van der Waals surface area contributed by atoms with Gasteiger partial charge in [0.15, 0.2) is 0 Å². The minimum atomic E-state index is -2.40. The summed E-state index contributed by atoms with van der Waals surface area (Å²) in [6, 6.07) is 24.3. The molecule has 3 aromatic carbocycles. The fourth-order valence-electron chi connectivity index (χ4n) is 26.5. The summed E-state index contributed by atoms with van der Waals surface area (Å²) in [5, 5.41) is 90.0. The van der Waals surface area contributed by atoms with Crippen LogP contribution in [0.4, 0.5) is 0 Å². The van der Waals surface area contributed by atoms with Crippen molar-refractivity contribution in [3.63, 3.8) is 0 Å². The summed E-state index contributed by atoms with van der Waals surface area (Å²) in [4.78, 5) is 30.5. The first-order valence-electron chi connectivity index (χ1n) is 35.0. The van der Waals surface area contributed by atoms with Gasteiger partial charge in [-0.15, -0.1) is 5.92 Å². The first kappa shape index (κ1) is 57.3. The molecule has 3 aromatic rings. The van der Waals surface area contributed by atoms with Crippen LogP contribution < -0.4 is 5.32 Å². The van der Waals surface area contributed by atoms with Crippen LogP contribution in [0.15, 0.2) is 78.4 Å². The van der Waals surface area contributed by atoms with Gasteiger partial charge >= 0.3 is 5.97 Å². The van der Waals surface area contributed by atoms with Gasteiger partial charge in [0.2, 0.25) is 0 Å². The SMILES string of the molecule is CNC1Cc2c(cccc2CO)C#CC23CCC(Cc4cccc(c4)Cc4cccc(c4)C4CCC5C6CCC57CC5(C=O)C8C(C#CCC46)CC4(C2)C2C6=CC(=O)OC6C1CC2CC4(O)C8(O)C(O)C1CC(C(C)C2CCCC2)CCC(C7O)C15O)C3. The number of hydrogen-bond donors (Lipinski definition) is 7. The number of likely N-dealkylation sites (N-methyl/N-ethyl adjacent to an activating group) is 1. The molecule has 1 heterocycles. The molecular formula is C78H93NO9. The van der Waals surface area contributed by atoms with Crippen molar-refractivity contribution >= 4 is 12.3 Å². The van der Waals surface area contributed by atoms with Crippen LogP contribution in [0.1, 0.15) is 180 Å². The molecule has 15 aliphatic rings. The Morgan fingerprint density at radius 2 is 1.57 bits per heavy atom. The number of aliphatic hydroxyl groups is 6. The summed E-state index contributed by atoms with van der Waals surface area (Å²) in [6.07, 6.45) is 15.6. The molecule has 7 N–H and O–H groups in total. The minimum absolute atomic E-state index is 0.0358. The summed E-state index contributed by atoms with van der Waals surface area (Å²) < 4.78 is 6.65. The van der Waals surface area contributed by atoms with Gasteiger partial charge in [-0.1, -0.05) is 111 Å². The number of aliphatic hydroxyl groups excluding tert-OH is 3. The zero-order valence-corrected chi connectivity index (χ0v) is 51.9. The lowest BCUT2D eigenvalue weighted by Crippen LogP contribution is -2.88. The Balaban J connectivity index is 0.953. The van der Waals surface area contributed by atoms with Crippen molar-refractivity contribution in [2.75, 3.05) is 7.05 Å². The number of hydrogen-bond acceptors (Lipinski definition) is 10. The molecule has 0 radical (unpaired) electrons. The van der Waals surface area contributed by atoms with E-state index in [1.807, 2.05) is 19.2 Å². The molecule has 14 aliphatic carbocycles. The van der Waals surface area contributed by atoms with E-state index in [0.29, 0.717) is 57.3 Å². The highest BCUT2D eigenvalue weighted by atomic mass is 16.5. The van der Waals surface area contributed by atoms with Crippen molar-refractivity contribution in [1.82, 2.24) is 5.32 Å². The summed E-state index contributed by atoms with van der Waals surface area (Å²) in [5.41, 5.74) is -2.27. The van der Waals surface area contributed by atoms with Crippen LogP contribution in [-0.4, -0.2) is 91.1 Å². The predicted octanol–water partition coefficient (Wildman–Crippen LogP) is 10.1. The van der Waals surface area contributed by atoms with Crippen molar-refractivity contribution in [3.05, 3.63) is 117 Å². The zero-order chi connectivity index (χ0) is 60.1. The second-order valence-electron chi connectivity index (χ2n) is 32.6. The largest absolute Gasteiger partial charge is 0.454 e. The van der Waals surface area contributed by atoms with E-state index in [-0.39, 0.29) is 85.2 Å². The number of carbonyl (C=O) groups is 2. The molecule has 25 atom stereocenters. The van der Waals surface area contributed by atoms with E-state index in [9.17, 15) is 20.1 Å². The lowest BCUT2D eigenvalue weighted by Gasteiger charge is -2.76. The lowest BCUT2D eigenvalue weighted by atomic mass is 9.30. The molecule has 464 valence electrons. The maximum atomic E-state index is 16.0. The van der Waals surface area contributed by atoms with Crippen LogP contribution in [0.3, 0.4) is 0 Å². The number of aldehydes is 1. The van der Waals surface area contributed by atoms with Gasteiger partial charge in [-0.05, 0) is 227 Å². The number of esters is 1. The number of carbonyl (C=O) groups excluding carboxylic acids is 2.